The quantitative estimate of drug-likeness (QED) is 0.477. The van der Waals surface area contributed by atoms with E-state index in [1.54, 1.807) is 0 Å². The summed E-state index contributed by atoms with van der Waals surface area (Å²) in [6.45, 7) is 4.96. The Kier molecular flexibility index (Phi) is 6.96. The van der Waals surface area contributed by atoms with Crippen LogP contribution in [0.15, 0.2) is 59.8 Å². The molecule has 2 atom stereocenters. The molecule has 1 aromatic heterocycles. The van der Waals surface area contributed by atoms with E-state index in [-0.39, 0.29) is 18.0 Å². The second-order valence-electron chi connectivity index (χ2n) is 8.53. The summed E-state index contributed by atoms with van der Waals surface area (Å²) in [6, 6.07) is 18.9. The van der Waals surface area contributed by atoms with Gasteiger partial charge >= 0.3 is 0 Å². The van der Waals surface area contributed by atoms with Crippen LogP contribution in [0.25, 0.3) is 0 Å². The summed E-state index contributed by atoms with van der Waals surface area (Å²) in [6.07, 6.45) is 1.84. The number of nitrogens with zero attached hydrogens (tertiary/aromatic N) is 5. The van der Waals surface area contributed by atoms with Crippen molar-refractivity contribution in [3.63, 3.8) is 0 Å². The Morgan fingerprint density at radius 2 is 1.84 bits per heavy atom. The standard InChI is InChI=1S/C25H31N5OS/c1-5-21(28(3)4)24-26-27-25(29(24)16-19-11-7-6-8-12-19)32-17-23(31)30-18(2)15-20-13-9-10-14-22(20)30/h6-14,18,21H,5,15-17H2,1-4H3/t18-,21-/m0/s1. The number of thioether (sulfide) groups is 1. The second kappa shape index (κ2) is 9.88. The van der Waals surface area contributed by atoms with E-state index in [0.29, 0.717) is 12.3 Å². The molecule has 0 saturated carbocycles. The van der Waals surface area contributed by atoms with Crippen LogP contribution in [0.5, 0.6) is 0 Å². The third-order valence-corrected chi connectivity index (χ3v) is 6.99. The summed E-state index contributed by atoms with van der Waals surface area (Å²) in [5.41, 5.74) is 3.47. The molecule has 2 aromatic carbocycles. The minimum atomic E-state index is 0.114. The number of hydrogen-bond donors (Lipinski definition) is 0. The molecule has 4 rings (SSSR count). The fourth-order valence-corrected chi connectivity index (χ4v) is 5.29. The Bertz CT molecular complexity index is 1070. The number of amides is 1. The van der Waals surface area contributed by atoms with Crippen LogP contribution in [0.3, 0.4) is 0 Å². The molecule has 0 spiro atoms. The van der Waals surface area contributed by atoms with Crippen molar-refractivity contribution in [2.75, 3.05) is 24.7 Å². The van der Waals surface area contributed by atoms with Crippen LogP contribution >= 0.6 is 11.8 Å². The predicted molar refractivity (Wildman–Crippen MR) is 130 cm³/mol. The van der Waals surface area contributed by atoms with Gasteiger partial charge in [0.15, 0.2) is 11.0 Å². The minimum absolute atomic E-state index is 0.114. The van der Waals surface area contributed by atoms with E-state index in [9.17, 15) is 4.79 Å². The molecule has 1 aliphatic rings. The maximum absolute atomic E-state index is 13.2. The first kappa shape index (κ1) is 22.6. The molecule has 32 heavy (non-hydrogen) atoms. The number of fused-ring (bicyclic) bond motifs is 1. The van der Waals surface area contributed by atoms with Gasteiger partial charge in [-0.25, -0.2) is 0 Å². The Morgan fingerprint density at radius 3 is 2.56 bits per heavy atom. The van der Waals surface area contributed by atoms with Crippen LogP contribution < -0.4 is 4.90 Å². The monoisotopic (exact) mass is 449 g/mol. The lowest BCUT2D eigenvalue weighted by molar-refractivity contribution is -0.116. The van der Waals surface area contributed by atoms with E-state index >= 15 is 0 Å². The highest BCUT2D eigenvalue weighted by Crippen LogP contribution is 2.33. The van der Waals surface area contributed by atoms with Crippen LogP contribution in [0, 0.1) is 0 Å². The van der Waals surface area contributed by atoms with Crippen molar-refractivity contribution in [3.8, 4) is 0 Å². The van der Waals surface area contributed by atoms with E-state index in [1.165, 1.54) is 22.9 Å². The smallest absolute Gasteiger partial charge is 0.237 e. The molecule has 1 amide bonds. The summed E-state index contributed by atoms with van der Waals surface area (Å²) >= 11 is 1.48. The summed E-state index contributed by atoms with van der Waals surface area (Å²) in [4.78, 5) is 17.3. The highest BCUT2D eigenvalue weighted by molar-refractivity contribution is 7.99. The summed E-state index contributed by atoms with van der Waals surface area (Å²) in [5, 5.41) is 9.85. The Labute approximate surface area is 194 Å². The fraction of sp³-hybridized carbons (Fsp3) is 0.400. The van der Waals surface area contributed by atoms with Gasteiger partial charge in [0.05, 0.1) is 18.3 Å². The molecule has 0 radical (unpaired) electrons. The van der Waals surface area contributed by atoms with Crippen molar-refractivity contribution in [2.24, 2.45) is 0 Å². The van der Waals surface area contributed by atoms with E-state index in [0.717, 1.165) is 29.5 Å². The SMILES string of the molecule is CC[C@@H](c1nnc(SCC(=O)N2c3ccccc3C[C@@H]2C)n1Cc1ccccc1)N(C)C. The molecule has 0 N–H and O–H groups in total. The van der Waals surface area contributed by atoms with Crippen molar-refractivity contribution in [1.29, 1.82) is 0 Å². The molecule has 168 valence electrons. The van der Waals surface area contributed by atoms with Crippen molar-refractivity contribution in [2.45, 2.75) is 50.5 Å². The number of benzene rings is 2. The van der Waals surface area contributed by atoms with Gasteiger partial charge in [-0.05, 0) is 51.1 Å². The topological polar surface area (TPSA) is 54.3 Å². The van der Waals surface area contributed by atoms with E-state index < -0.39 is 0 Å². The molecule has 6 nitrogen and oxygen atoms in total. The third-order valence-electron chi connectivity index (χ3n) is 6.04. The van der Waals surface area contributed by atoms with Crippen LogP contribution in [-0.4, -0.2) is 51.5 Å². The van der Waals surface area contributed by atoms with Gasteiger partial charge in [-0.1, -0.05) is 67.2 Å². The van der Waals surface area contributed by atoms with Crippen LogP contribution in [0.4, 0.5) is 5.69 Å². The molecule has 0 fully saturated rings. The highest BCUT2D eigenvalue weighted by atomic mass is 32.2. The molecule has 7 heteroatoms. The maximum Gasteiger partial charge on any atom is 0.237 e. The average molecular weight is 450 g/mol. The number of rotatable bonds is 8. The van der Waals surface area contributed by atoms with Gasteiger partial charge in [-0.15, -0.1) is 10.2 Å². The summed E-state index contributed by atoms with van der Waals surface area (Å²) < 4.78 is 2.17. The molecule has 1 aliphatic heterocycles. The summed E-state index contributed by atoms with van der Waals surface area (Å²) in [7, 11) is 4.14. The number of hydrogen-bond acceptors (Lipinski definition) is 5. The summed E-state index contributed by atoms with van der Waals surface area (Å²) in [5.74, 6) is 1.39. The minimum Gasteiger partial charge on any atom is -0.308 e. The lowest BCUT2D eigenvalue weighted by Gasteiger charge is -2.24. The zero-order valence-electron chi connectivity index (χ0n) is 19.2. The lowest BCUT2D eigenvalue weighted by atomic mass is 10.1. The van der Waals surface area contributed by atoms with Gasteiger partial charge < -0.3 is 9.47 Å². The van der Waals surface area contributed by atoms with Crippen LogP contribution in [-0.2, 0) is 17.8 Å². The molecular formula is C25H31N5OS. The molecule has 3 aromatic rings. The fourth-order valence-electron chi connectivity index (χ4n) is 4.49. The van der Waals surface area contributed by atoms with Crippen molar-refractivity contribution < 1.29 is 4.79 Å². The highest BCUT2D eigenvalue weighted by Gasteiger charge is 2.31. The van der Waals surface area contributed by atoms with Gasteiger partial charge in [0.25, 0.3) is 0 Å². The molecule has 0 saturated heterocycles. The Morgan fingerprint density at radius 1 is 1.12 bits per heavy atom. The van der Waals surface area contributed by atoms with E-state index in [4.69, 9.17) is 0 Å². The van der Waals surface area contributed by atoms with E-state index in [2.05, 4.69) is 65.8 Å². The largest absolute Gasteiger partial charge is 0.308 e. The number of para-hydroxylation sites is 1. The molecule has 0 bridgehead atoms. The van der Waals surface area contributed by atoms with E-state index in [1.807, 2.05) is 41.3 Å². The Balaban J connectivity index is 1.57. The van der Waals surface area contributed by atoms with Gasteiger partial charge in [-0.3, -0.25) is 9.69 Å². The predicted octanol–water partition coefficient (Wildman–Crippen LogP) is 4.41. The van der Waals surface area contributed by atoms with Gasteiger partial charge in [-0.2, -0.15) is 0 Å². The first-order chi connectivity index (χ1) is 15.5. The van der Waals surface area contributed by atoms with Crippen molar-refractivity contribution >= 4 is 23.4 Å². The molecule has 0 unspecified atom stereocenters. The van der Waals surface area contributed by atoms with Gasteiger partial charge in [0.1, 0.15) is 0 Å². The average Bonchev–Trinajstić information content (AvgIpc) is 3.33. The van der Waals surface area contributed by atoms with Crippen LogP contribution in [0.2, 0.25) is 0 Å². The van der Waals surface area contributed by atoms with Gasteiger partial charge in [0, 0.05) is 11.7 Å². The maximum atomic E-state index is 13.2. The third kappa shape index (κ3) is 4.59. The zero-order valence-corrected chi connectivity index (χ0v) is 20.0. The van der Waals surface area contributed by atoms with Gasteiger partial charge in [0.2, 0.25) is 5.91 Å². The number of anilines is 1. The Hall–Kier alpha value is -2.64. The normalized spacial score (nSPS) is 16.4. The molecule has 2 heterocycles. The number of carbonyl (C=O) groups is 1. The number of carbonyl (C=O) groups excluding carboxylic acids is 1. The van der Waals surface area contributed by atoms with Crippen molar-refractivity contribution in [3.05, 3.63) is 71.5 Å². The second-order valence-corrected chi connectivity index (χ2v) is 9.48. The lowest BCUT2D eigenvalue weighted by Crippen LogP contribution is -2.37. The molecule has 0 aliphatic carbocycles. The number of aromatic nitrogens is 3. The molecular weight excluding hydrogens is 418 g/mol. The first-order valence-corrected chi connectivity index (χ1v) is 12.1. The first-order valence-electron chi connectivity index (χ1n) is 11.2. The van der Waals surface area contributed by atoms with Crippen LogP contribution in [0.1, 0.15) is 43.3 Å². The van der Waals surface area contributed by atoms with Crippen molar-refractivity contribution in [1.82, 2.24) is 19.7 Å². The zero-order chi connectivity index (χ0) is 22.7.